The minimum absolute atomic E-state index is 0.218. The van der Waals surface area contributed by atoms with Gasteiger partial charge >= 0.3 is 0 Å². The van der Waals surface area contributed by atoms with Gasteiger partial charge in [-0.3, -0.25) is 9.78 Å². The predicted octanol–water partition coefficient (Wildman–Crippen LogP) is 0.695. The second-order valence-electron chi connectivity index (χ2n) is 5.35. The van der Waals surface area contributed by atoms with E-state index >= 15 is 0 Å². The van der Waals surface area contributed by atoms with Gasteiger partial charge in [0, 0.05) is 32.4 Å². The van der Waals surface area contributed by atoms with Gasteiger partial charge in [0.2, 0.25) is 5.95 Å². The molecule has 7 heteroatoms. The van der Waals surface area contributed by atoms with E-state index in [1.54, 1.807) is 0 Å². The number of H-pyrrole nitrogens is 1. The number of hydrogen-bond acceptors (Lipinski definition) is 5. The first-order chi connectivity index (χ1) is 9.67. The summed E-state index contributed by atoms with van der Waals surface area (Å²) in [6, 6.07) is 0.218. The lowest BCUT2D eigenvalue weighted by Gasteiger charge is -2.29. The highest BCUT2D eigenvalue weighted by molar-refractivity contribution is 5.58. The number of nitrogens with one attached hydrogen (secondary N) is 1. The van der Waals surface area contributed by atoms with Crippen molar-refractivity contribution in [3.63, 3.8) is 0 Å². The molecule has 7 nitrogen and oxygen atoms in total. The molecule has 1 saturated heterocycles. The van der Waals surface area contributed by atoms with Gasteiger partial charge in [0.1, 0.15) is 0 Å². The standard InChI is InChI=1S/C13H21N7/c1-3-11-10(8-19(2)18-11)12-15-13(17-16-12)20-6-4-5-9(14)7-20/h8-9H,3-7,14H2,1-2H3,(H,15,16,17). The highest BCUT2D eigenvalue weighted by Gasteiger charge is 2.21. The van der Waals surface area contributed by atoms with E-state index < -0.39 is 0 Å². The summed E-state index contributed by atoms with van der Waals surface area (Å²) in [6.45, 7) is 3.89. The van der Waals surface area contributed by atoms with Crippen LogP contribution in [-0.2, 0) is 13.5 Å². The van der Waals surface area contributed by atoms with Crippen molar-refractivity contribution in [3.05, 3.63) is 11.9 Å². The maximum atomic E-state index is 6.01. The van der Waals surface area contributed by atoms with E-state index in [0.29, 0.717) is 0 Å². The minimum atomic E-state index is 0.218. The molecule has 1 aliphatic rings. The van der Waals surface area contributed by atoms with E-state index in [2.05, 4.69) is 32.1 Å². The summed E-state index contributed by atoms with van der Waals surface area (Å²) < 4.78 is 1.81. The molecule has 0 aromatic carbocycles. The number of anilines is 1. The number of hydrogen-bond donors (Lipinski definition) is 2. The zero-order chi connectivity index (χ0) is 14.1. The molecule has 0 amide bonds. The second kappa shape index (κ2) is 5.24. The summed E-state index contributed by atoms with van der Waals surface area (Å²) in [5, 5.41) is 11.8. The lowest BCUT2D eigenvalue weighted by atomic mass is 10.1. The molecule has 3 rings (SSSR count). The Hall–Kier alpha value is -1.89. The monoisotopic (exact) mass is 275 g/mol. The van der Waals surface area contributed by atoms with Gasteiger partial charge in [-0.25, -0.2) is 0 Å². The van der Waals surface area contributed by atoms with Crippen molar-refractivity contribution in [2.45, 2.75) is 32.2 Å². The SMILES string of the molecule is CCc1nn(C)cc1-c1nc(N2CCCC(N)C2)n[nH]1. The van der Waals surface area contributed by atoms with Crippen LogP contribution in [-0.4, -0.2) is 44.1 Å². The summed E-state index contributed by atoms with van der Waals surface area (Å²) in [5.74, 6) is 1.52. The van der Waals surface area contributed by atoms with Crippen molar-refractivity contribution >= 4 is 5.95 Å². The Labute approximate surface area is 118 Å². The van der Waals surface area contributed by atoms with Crippen molar-refractivity contribution in [2.24, 2.45) is 12.8 Å². The largest absolute Gasteiger partial charge is 0.338 e. The van der Waals surface area contributed by atoms with Crippen LogP contribution in [0.4, 0.5) is 5.95 Å². The zero-order valence-electron chi connectivity index (χ0n) is 12.0. The Morgan fingerprint density at radius 2 is 2.35 bits per heavy atom. The van der Waals surface area contributed by atoms with Gasteiger partial charge in [-0.15, -0.1) is 5.10 Å². The van der Waals surface area contributed by atoms with Crippen LogP contribution in [0.5, 0.6) is 0 Å². The maximum absolute atomic E-state index is 6.01. The molecule has 3 heterocycles. The molecule has 0 radical (unpaired) electrons. The van der Waals surface area contributed by atoms with Crippen LogP contribution in [0.25, 0.3) is 11.4 Å². The molecule has 0 spiro atoms. The minimum Gasteiger partial charge on any atom is -0.338 e. The van der Waals surface area contributed by atoms with Crippen molar-refractivity contribution in [1.82, 2.24) is 25.0 Å². The van der Waals surface area contributed by atoms with E-state index in [-0.39, 0.29) is 6.04 Å². The molecule has 20 heavy (non-hydrogen) atoms. The highest BCUT2D eigenvalue weighted by Crippen LogP contribution is 2.22. The first-order valence-electron chi connectivity index (χ1n) is 7.13. The van der Waals surface area contributed by atoms with Crippen molar-refractivity contribution in [1.29, 1.82) is 0 Å². The number of aromatic amines is 1. The molecule has 1 atom stereocenters. The summed E-state index contributed by atoms with van der Waals surface area (Å²) in [4.78, 5) is 6.76. The smallest absolute Gasteiger partial charge is 0.245 e. The number of rotatable bonds is 3. The Bertz CT molecular complexity index is 585. The Kier molecular flexibility index (Phi) is 3.43. The fraction of sp³-hybridized carbons (Fsp3) is 0.615. The molecule has 1 unspecified atom stereocenters. The molecule has 2 aromatic heterocycles. The van der Waals surface area contributed by atoms with Crippen LogP contribution < -0.4 is 10.6 Å². The second-order valence-corrected chi connectivity index (χ2v) is 5.35. The molecular weight excluding hydrogens is 254 g/mol. The summed E-state index contributed by atoms with van der Waals surface area (Å²) in [5.41, 5.74) is 8.06. The quantitative estimate of drug-likeness (QED) is 0.860. The predicted molar refractivity (Wildman–Crippen MR) is 77.4 cm³/mol. The molecule has 3 N–H and O–H groups in total. The molecule has 2 aromatic rings. The van der Waals surface area contributed by atoms with Crippen LogP contribution in [0.2, 0.25) is 0 Å². The van der Waals surface area contributed by atoms with E-state index in [1.165, 1.54) is 0 Å². The first-order valence-corrected chi connectivity index (χ1v) is 7.13. The fourth-order valence-corrected chi connectivity index (χ4v) is 2.70. The van der Waals surface area contributed by atoms with E-state index in [9.17, 15) is 0 Å². The maximum Gasteiger partial charge on any atom is 0.245 e. The van der Waals surface area contributed by atoms with E-state index in [1.807, 2.05) is 17.9 Å². The average Bonchev–Trinajstić information content (AvgIpc) is 3.04. The third-order valence-electron chi connectivity index (χ3n) is 3.71. The normalized spacial score (nSPS) is 19.6. The zero-order valence-corrected chi connectivity index (χ0v) is 12.0. The van der Waals surface area contributed by atoms with Crippen LogP contribution in [0.15, 0.2) is 6.20 Å². The lowest BCUT2D eigenvalue weighted by Crippen LogP contribution is -2.43. The molecule has 0 saturated carbocycles. The first kappa shape index (κ1) is 13.1. The molecule has 0 aliphatic carbocycles. The molecule has 1 aliphatic heterocycles. The van der Waals surface area contributed by atoms with E-state index in [4.69, 9.17) is 5.73 Å². The summed E-state index contributed by atoms with van der Waals surface area (Å²) in [6.07, 6.45) is 5.03. The summed E-state index contributed by atoms with van der Waals surface area (Å²) in [7, 11) is 1.92. The summed E-state index contributed by atoms with van der Waals surface area (Å²) >= 11 is 0. The van der Waals surface area contributed by atoms with Gasteiger partial charge in [-0.2, -0.15) is 10.1 Å². The van der Waals surface area contributed by atoms with Crippen LogP contribution in [0, 0.1) is 0 Å². The fourth-order valence-electron chi connectivity index (χ4n) is 2.70. The number of aryl methyl sites for hydroxylation is 2. The lowest BCUT2D eigenvalue weighted by molar-refractivity contribution is 0.500. The average molecular weight is 275 g/mol. The number of aromatic nitrogens is 5. The Morgan fingerprint density at radius 1 is 1.50 bits per heavy atom. The molecular formula is C13H21N7. The van der Waals surface area contributed by atoms with Gasteiger partial charge in [-0.05, 0) is 19.3 Å². The molecule has 1 fully saturated rings. The highest BCUT2D eigenvalue weighted by atomic mass is 15.4. The molecule has 0 bridgehead atoms. The van der Waals surface area contributed by atoms with E-state index in [0.717, 1.165) is 55.4 Å². The number of nitrogens with zero attached hydrogens (tertiary/aromatic N) is 5. The number of piperidine rings is 1. The van der Waals surface area contributed by atoms with Gasteiger partial charge in [0.05, 0.1) is 11.3 Å². The van der Waals surface area contributed by atoms with Crippen molar-refractivity contribution < 1.29 is 0 Å². The van der Waals surface area contributed by atoms with Gasteiger partial charge < -0.3 is 10.6 Å². The van der Waals surface area contributed by atoms with Gasteiger partial charge in [0.15, 0.2) is 5.82 Å². The Morgan fingerprint density at radius 3 is 3.10 bits per heavy atom. The van der Waals surface area contributed by atoms with Crippen LogP contribution in [0.3, 0.4) is 0 Å². The van der Waals surface area contributed by atoms with Crippen LogP contribution >= 0.6 is 0 Å². The third kappa shape index (κ3) is 2.40. The van der Waals surface area contributed by atoms with Crippen molar-refractivity contribution in [2.75, 3.05) is 18.0 Å². The number of nitrogens with two attached hydrogens (primary N) is 1. The van der Waals surface area contributed by atoms with Gasteiger partial charge in [0.25, 0.3) is 0 Å². The van der Waals surface area contributed by atoms with Crippen LogP contribution in [0.1, 0.15) is 25.5 Å². The molecule has 108 valence electrons. The topological polar surface area (TPSA) is 88.7 Å². The van der Waals surface area contributed by atoms with Crippen molar-refractivity contribution in [3.8, 4) is 11.4 Å². The third-order valence-corrected chi connectivity index (χ3v) is 3.71. The van der Waals surface area contributed by atoms with Gasteiger partial charge in [-0.1, -0.05) is 6.92 Å². The Balaban J connectivity index is 1.86.